The maximum Gasteiger partial charge on any atom is 0.0363 e. The number of anilines is 2. The molecule has 2 nitrogen and oxygen atoms in total. The van der Waals surface area contributed by atoms with Gasteiger partial charge in [-0.3, -0.25) is 0 Å². The minimum atomic E-state index is 0.784. The first-order chi connectivity index (χ1) is 7.15. The first-order valence-corrected chi connectivity index (χ1v) is 5.76. The van der Waals surface area contributed by atoms with Gasteiger partial charge in [-0.25, -0.2) is 0 Å². The zero-order valence-electron chi connectivity index (χ0n) is 9.59. The molecule has 0 saturated heterocycles. The minimum absolute atomic E-state index is 0.784. The molecule has 0 bridgehead atoms. The van der Waals surface area contributed by atoms with E-state index in [0.29, 0.717) is 0 Å². The highest BCUT2D eigenvalue weighted by atomic mass is 14.9. The van der Waals surface area contributed by atoms with Crippen LogP contribution in [-0.2, 0) is 0 Å². The van der Waals surface area contributed by atoms with Crippen LogP contribution in [0, 0.1) is 18.8 Å². The van der Waals surface area contributed by atoms with E-state index < -0.39 is 0 Å². The zero-order chi connectivity index (χ0) is 10.8. The number of rotatable bonds is 4. The van der Waals surface area contributed by atoms with Gasteiger partial charge in [0.05, 0.1) is 0 Å². The van der Waals surface area contributed by atoms with Crippen LogP contribution in [0.25, 0.3) is 0 Å². The molecule has 1 aromatic carbocycles. The number of hydrogen-bond acceptors (Lipinski definition) is 2. The van der Waals surface area contributed by atoms with Crippen molar-refractivity contribution >= 4 is 11.4 Å². The second-order valence-electron chi connectivity index (χ2n) is 4.83. The van der Waals surface area contributed by atoms with Crippen LogP contribution >= 0.6 is 0 Å². The van der Waals surface area contributed by atoms with Gasteiger partial charge in [-0.2, -0.15) is 0 Å². The number of nitrogens with two attached hydrogens (primary N) is 1. The van der Waals surface area contributed by atoms with E-state index in [1.54, 1.807) is 0 Å². The number of nitrogens with one attached hydrogen (secondary N) is 1. The standard InChI is InChI=1S/C13H20N2/c1-9-5-12(14)7-13(6-9)15-8-10(2)11-3-4-11/h5-7,10-11,15H,3-4,8,14H2,1-2H3. The van der Waals surface area contributed by atoms with E-state index in [-0.39, 0.29) is 0 Å². The molecule has 1 aliphatic carbocycles. The summed E-state index contributed by atoms with van der Waals surface area (Å²) in [6.07, 6.45) is 2.83. The summed E-state index contributed by atoms with van der Waals surface area (Å²) in [5, 5.41) is 3.47. The van der Waals surface area contributed by atoms with Gasteiger partial charge in [-0.05, 0) is 55.4 Å². The molecule has 2 heteroatoms. The lowest BCUT2D eigenvalue weighted by atomic mass is 10.1. The predicted molar refractivity (Wildman–Crippen MR) is 66.0 cm³/mol. The predicted octanol–water partition coefficient (Wildman–Crippen LogP) is 3.04. The molecule has 1 atom stereocenters. The molecule has 15 heavy (non-hydrogen) atoms. The van der Waals surface area contributed by atoms with Crippen LogP contribution in [0.1, 0.15) is 25.3 Å². The Morgan fingerprint density at radius 2 is 2.13 bits per heavy atom. The van der Waals surface area contributed by atoms with E-state index in [1.165, 1.54) is 18.4 Å². The Labute approximate surface area is 91.9 Å². The summed E-state index contributed by atoms with van der Waals surface area (Å²) in [7, 11) is 0. The number of aryl methyl sites for hydroxylation is 1. The number of hydrogen-bond donors (Lipinski definition) is 2. The highest BCUT2D eigenvalue weighted by molar-refractivity contribution is 5.56. The van der Waals surface area contributed by atoms with Crippen LogP contribution in [-0.4, -0.2) is 6.54 Å². The summed E-state index contributed by atoms with van der Waals surface area (Å²) in [5.74, 6) is 1.74. The highest BCUT2D eigenvalue weighted by Crippen LogP contribution is 2.36. The summed E-state index contributed by atoms with van der Waals surface area (Å²) in [5.41, 5.74) is 9.01. The van der Waals surface area contributed by atoms with E-state index in [4.69, 9.17) is 5.73 Å². The van der Waals surface area contributed by atoms with Gasteiger partial charge in [0.1, 0.15) is 0 Å². The van der Waals surface area contributed by atoms with Crippen LogP contribution in [0.2, 0.25) is 0 Å². The maximum absolute atomic E-state index is 5.80. The molecule has 0 aromatic heterocycles. The number of benzene rings is 1. The van der Waals surface area contributed by atoms with Crippen molar-refractivity contribution < 1.29 is 0 Å². The number of nitrogen functional groups attached to an aromatic ring is 1. The summed E-state index contributed by atoms with van der Waals surface area (Å²) in [6.45, 7) is 5.46. The SMILES string of the molecule is Cc1cc(N)cc(NCC(C)C2CC2)c1. The summed E-state index contributed by atoms with van der Waals surface area (Å²) < 4.78 is 0. The van der Waals surface area contributed by atoms with Crippen molar-refractivity contribution in [3.05, 3.63) is 23.8 Å². The molecule has 0 aliphatic heterocycles. The fourth-order valence-electron chi connectivity index (χ4n) is 2.03. The normalized spacial score (nSPS) is 17.5. The molecule has 0 radical (unpaired) electrons. The fraction of sp³-hybridized carbons (Fsp3) is 0.538. The second kappa shape index (κ2) is 4.13. The lowest BCUT2D eigenvalue weighted by molar-refractivity contribution is 0.536. The summed E-state index contributed by atoms with van der Waals surface area (Å²) in [6, 6.07) is 6.15. The quantitative estimate of drug-likeness (QED) is 0.740. The molecule has 1 aliphatic rings. The Balaban J connectivity index is 1.91. The van der Waals surface area contributed by atoms with Crippen molar-refractivity contribution in [1.29, 1.82) is 0 Å². The molecular formula is C13H20N2. The Morgan fingerprint density at radius 3 is 2.73 bits per heavy atom. The summed E-state index contributed by atoms with van der Waals surface area (Å²) in [4.78, 5) is 0. The summed E-state index contributed by atoms with van der Waals surface area (Å²) >= 11 is 0. The monoisotopic (exact) mass is 204 g/mol. The molecule has 2 rings (SSSR count). The first kappa shape index (κ1) is 10.3. The Hall–Kier alpha value is -1.18. The molecule has 1 saturated carbocycles. The van der Waals surface area contributed by atoms with E-state index in [0.717, 1.165) is 29.8 Å². The molecular weight excluding hydrogens is 184 g/mol. The topological polar surface area (TPSA) is 38.0 Å². The average Bonchev–Trinajstić information content (AvgIpc) is 2.95. The lowest BCUT2D eigenvalue weighted by Gasteiger charge is -2.13. The van der Waals surface area contributed by atoms with Gasteiger partial charge in [0, 0.05) is 17.9 Å². The largest absolute Gasteiger partial charge is 0.399 e. The Bertz CT molecular complexity index is 322. The van der Waals surface area contributed by atoms with Crippen LogP contribution in [0.5, 0.6) is 0 Å². The fourth-order valence-corrected chi connectivity index (χ4v) is 2.03. The Kier molecular flexibility index (Phi) is 2.85. The molecule has 1 fully saturated rings. The van der Waals surface area contributed by atoms with Crippen molar-refractivity contribution in [2.24, 2.45) is 11.8 Å². The molecule has 0 amide bonds. The van der Waals surface area contributed by atoms with Crippen LogP contribution in [0.15, 0.2) is 18.2 Å². The molecule has 0 spiro atoms. The van der Waals surface area contributed by atoms with Gasteiger partial charge in [-0.15, -0.1) is 0 Å². The van der Waals surface area contributed by atoms with E-state index in [1.807, 2.05) is 12.1 Å². The van der Waals surface area contributed by atoms with Crippen LogP contribution in [0.4, 0.5) is 11.4 Å². The smallest absolute Gasteiger partial charge is 0.0363 e. The maximum atomic E-state index is 5.80. The van der Waals surface area contributed by atoms with Gasteiger partial charge < -0.3 is 11.1 Å². The van der Waals surface area contributed by atoms with E-state index >= 15 is 0 Å². The molecule has 3 N–H and O–H groups in total. The molecule has 1 unspecified atom stereocenters. The van der Waals surface area contributed by atoms with Crippen molar-refractivity contribution in [3.8, 4) is 0 Å². The molecule has 82 valence electrons. The van der Waals surface area contributed by atoms with Crippen molar-refractivity contribution in [2.75, 3.05) is 17.6 Å². The second-order valence-corrected chi connectivity index (χ2v) is 4.83. The van der Waals surface area contributed by atoms with Crippen molar-refractivity contribution in [2.45, 2.75) is 26.7 Å². The van der Waals surface area contributed by atoms with Crippen LogP contribution < -0.4 is 11.1 Å². The van der Waals surface area contributed by atoms with Gasteiger partial charge in [0.25, 0.3) is 0 Å². The first-order valence-electron chi connectivity index (χ1n) is 5.76. The third kappa shape index (κ3) is 2.88. The van der Waals surface area contributed by atoms with Gasteiger partial charge >= 0.3 is 0 Å². The lowest BCUT2D eigenvalue weighted by Crippen LogP contribution is -2.13. The highest BCUT2D eigenvalue weighted by Gasteiger charge is 2.27. The van der Waals surface area contributed by atoms with Gasteiger partial charge in [0.15, 0.2) is 0 Å². The molecule has 1 aromatic rings. The van der Waals surface area contributed by atoms with Crippen LogP contribution in [0.3, 0.4) is 0 Å². The van der Waals surface area contributed by atoms with Gasteiger partial charge in [-0.1, -0.05) is 6.92 Å². The van der Waals surface area contributed by atoms with Gasteiger partial charge in [0.2, 0.25) is 0 Å². The van der Waals surface area contributed by atoms with Crippen molar-refractivity contribution in [1.82, 2.24) is 0 Å². The molecule has 0 heterocycles. The minimum Gasteiger partial charge on any atom is -0.399 e. The zero-order valence-corrected chi connectivity index (χ0v) is 9.59. The third-order valence-electron chi connectivity index (χ3n) is 3.15. The third-order valence-corrected chi connectivity index (χ3v) is 3.15. The average molecular weight is 204 g/mol. The van der Waals surface area contributed by atoms with Crippen molar-refractivity contribution in [3.63, 3.8) is 0 Å². The van der Waals surface area contributed by atoms with E-state index in [9.17, 15) is 0 Å². The Morgan fingerprint density at radius 1 is 1.40 bits per heavy atom. The van der Waals surface area contributed by atoms with E-state index in [2.05, 4.69) is 25.2 Å².